The van der Waals surface area contributed by atoms with E-state index in [1.807, 2.05) is 6.26 Å². The maximum Gasteiger partial charge on any atom is 0.475 e. The summed E-state index contributed by atoms with van der Waals surface area (Å²) in [5, 5.41) is 1.27. The quantitative estimate of drug-likeness (QED) is 0.407. The molecule has 186 valence electrons. The second-order valence-electron chi connectivity index (χ2n) is 14.0. The van der Waals surface area contributed by atoms with E-state index < -0.39 is 16.5 Å². The van der Waals surface area contributed by atoms with Crippen LogP contribution < -0.4 is 0 Å². The van der Waals surface area contributed by atoms with Gasteiger partial charge in [-0.2, -0.15) is 0 Å². The molecule has 2 heterocycles. The Balaban J connectivity index is 1.55. The standard InChI is InChI=1S/C27H44BNO3Si2/c1-18-12-11-13-21-25(18)19(17-30-21)14-24(29(33(5,6)7)34(8,9)10)28-31-23-16-20-15-22(26(20,2)3)27(23,4)32-28/h11-13,17,20,22-24H,14-16H2,1-10H3/t20-,22-,23+,24-,27-/m0/s1. The number of rotatable bonds is 6. The van der Waals surface area contributed by atoms with Crippen molar-refractivity contribution in [3.63, 3.8) is 0 Å². The number of furan rings is 1. The fourth-order valence-electron chi connectivity index (χ4n) is 8.09. The first kappa shape index (κ1) is 24.8. The summed E-state index contributed by atoms with van der Waals surface area (Å²) >= 11 is 0. The molecule has 3 aliphatic carbocycles. The van der Waals surface area contributed by atoms with Crippen LogP contribution in [0.15, 0.2) is 28.9 Å². The Bertz CT molecular complexity index is 1070. The van der Waals surface area contributed by atoms with Gasteiger partial charge in [0.25, 0.3) is 0 Å². The second kappa shape index (κ2) is 7.82. The summed E-state index contributed by atoms with van der Waals surface area (Å²) in [6.07, 6.45) is 5.53. The largest absolute Gasteiger partial charge is 0.475 e. The number of hydrogen-bond acceptors (Lipinski definition) is 4. The van der Waals surface area contributed by atoms with Crippen LogP contribution in [-0.4, -0.2) is 45.5 Å². The zero-order chi connectivity index (χ0) is 24.8. The average Bonchev–Trinajstić information content (AvgIpc) is 3.26. The first-order valence-electron chi connectivity index (χ1n) is 13.2. The first-order chi connectivity index (χ1) is 15.6. The van der Waals surface area contributed by atoms with E-state index in [0.717, 1.165) is 24.3 Å². The van der Waals surface area contributed by atoms with Crippen LogP contribution in [0, 0.1) is 24.2 Å². The molecule has 1 saturated heterocycles. The second-order valence-corrected chi connectivity index (χ2v) is 24.1. The fourth-order valence-corrected chi connectivity index (χ4v) is 18.6. The Hall–Kier alpha value is -0.861. The summed E-state index contributed by atoms with van der Waals surface area (Å²) in [4.78, 5) is 0. The summed E-state index contributed by atoms with van der Waals surface area (Å²) in [5.74, 6) is 1.54. The minimum atomic E-state index is -1.67. The molecule has 0 N–H and O–H groups in total. The lowest BCUT2D eigenvalue weighted by molar-refractivity contribution is -0.199. The highest BCUT2D eigenvalue weighted by atomic mass is 28.4. The minimum Gasteiger partial charge on any atom is -0.464 e. The molecule has 2 aromatic rings. The highest BCUT2D eigenvalue weighted by Gasteiger charge is 2.69. The molecule has 1 aliphatic heterocycles. The van der Waals surface area contributed by atoms with Crippen LogP contribution in [0.4, 0.5) is 0 Å². The van der Waals surface area contributed by atoms with Gasteiger partial charge in [-0.25, -0.2) is 0 Å². The summed E-state index contributed by atoms with van der Waals surface area (Å²) in [7, 11) is -3.54. The van der Waals surface area contributed by atoms with Crippen LogP contribution in [0.5, 0.6) is 0 Å². The molecule has 34 heavy (non-hydrogen) atoms. The molecule has 4 fully saturated rings. The van der Waals surface area contributed by atoms with E-state index >= 15 is 0 Å². The van der Waals surface area contributed by atoms with E-state index in [2.05, 4.69) is 89.4 Å². The molecule has 0 unspecified atom stereocenters. The Labute approximate surface area is 209 Å². The lowest BCUT2D eigenvalue weighted by atomic mass is 9.43. The van der Waals surface area contributed by atoms with Gasteiger partial charge in [-0.1, -0.05) is 65.3 Å². The van der Waals surface area contributed by atoms with Gasteiger partial charge in [0.15, 0.2) is 0 Å². The molecule has 0 radical (unpaired) electrons. The van der Waals surface area contributed by atoms with Gasteiger partial charge in [-0.05, 0) is 67.6 Å². The molecular weight excluding hydrogens is 453 g/mol. The maximum atomic E-state index is 7.11. The third-order valence-corrected chi connectivity index (χ3v) is 17.0. The molecule has 0 amide bonds. The monoisotopic (exact) mass is 497 g/mol. The van der Waals surface area contributed by atoms with E-state index in [1.54, 1.807) is 0 Å². The normalized spacial score (nSPS) is 31.6. The topological polar surface area (TPSA) is 34.8 Å². The smallest absolute Gasteiger partial charge is 0.464 e. The van der Waals surface area contributed by atoms with Crippen molar-refractivity contribution < 1.29 is 13.7 Å². The van der Waals surface area contributed by atoms with Gasteiger partial charge in [0.2, 0.25) is 0 Å². The first-order valence-corrected chi connectivity index (χ1v) is 20.1. The van der Waals surface area contributed by atoms with Crippen molar-refractivity contribution in [1.82, 2.24) is 4.23 Å². The summed E-state index contributed by atoms with van der Waals surface area (Å²) < 4.78 is 23.0. The molecule has 1 aromatic carbocycles. The highest BCUT2D eigenvalue weighted by Crippen LogP contribution is 2.66. The van der Waals surface area contributed by atoms with E-state index in [0.29, 0.717) is 11.3 Å². The summed E-state index contributed by atoms with van der Waals surface area (Å²) in [5.41, 5.74) is 3.73. The van der Waals surface area contributed by atoms with Crippen molar-refractivity contribution in [3.8, 4) is 0 Å². The van der Waals surface area contributed by atoms with Gasteiger partial charge in [0.1, 0.15) is 22.1 Å². The van der Waals surface area contributed by atoms with Gasteiger partial charge < -0.3 is 18.0 Å². The third-order valence-electron chi connectivity index (χ3n) is 9.37. The van der Waals surface area contributed by atoms with Crippen LogP contribution >= 0.6 is 0 Å². The molecule has 1 aromatic heterocycles. The van der Waals surface area contributed by atoms with Crippen molar-refractivity contribution in [2.75, 3.05) is 0 Å². The molecule has 3 saturated carbocycles. The molecule has 6 rings (SSSR count). The Morgan fingerprint density at radius 3 is 2.35 bits per heavy atom. The molecule has 0 spiro atoms. The van der Waals surface area contributed by atoms with Crippen LogP contribution in [0.25, 0.3) is 11.0 Å². The van der Waals surface area contributed by atoms with E-state index in [1.165, 1.54) is 22.9 Å². The number of benzene rings is 1. The predicted molar refractivity (Wildman–Crippen MR) is 147 cm³/mol. The summed E-state index contributed by atoms with van der Waals surface area (Å²) in [6, 6.07) is 6.36. The number of aryl methyl sites for hydroxylation is 1. The number of nitrogens with zero attached hydrogens (tertiary/aromatic N) is 1. The lowest BCUT2D eigenvalue weighted by Gasteiger charge is -2.64. The maximum absolute atomic E-state index is 7.11. The molecule has 2 bridgehead atoms. The van der Waals surface area contributed by atoms with Crippen LogP contribution in [0.3, 0.4) is 0 Å². The molecule has 7 heteroatoms. The van der Waals surface area contributed by atoms with Crippen molar-refractivity contribution in [2.45, 2.75) is 104 Å². The van der Waals surface area contributed by atoms with Crippen molar-refractivity contribution in [2.24, 2.45) is 17.3 Å². The SMILES string of the molecule is Cc1cccc2occ(C[C@@H](B3O[C@@H]4C[C@@H]5C[C@@H](C5(C)C)[C@]4(C)O3)N([Si](C)(C)C)[Si](C)(C)C)c12. The molecular formula is C27H44BNO3Si2. The zero-order valence-electron chi connectivity index (χ0n) is 23.0. The molecule has 4 aliphatic rings. The van der Waals surface area contributed by atoms with Crippen LogP contribution in [-0.2, 0) is 15.7 Å². The Morgan fingerprint density at radius 2 is 1.74 bits per heavy atom. The van der Waals surface area contributed by atoms with Crippen molar-refractivity contribution in [1.29, 1.82) is 0 Å². The van der Waals surface area contributed by atoms with Crippen LogP contribution in [0.2, 0.25) is 39.3 Å². The third kappa shape index (κ3) is 3.73. The fraction of sp³-hybridized carbons (Fsp3) is 0.704. The van der Waals surface area contributed by atoms with Gasteiger partial charge in [0, 0.05) is 11.3 Å². The minimum absolute atomic E-state index is 0.180. The predicted octanol–water partition coefficient (Wildman–Crippen LogP) is 6.89. The molecule has 4 nitrogen and oxygen atoms in total. The van der Waals surface area contributed by atoms with Gasteiger partial charge in [0.05, 0.1) is 18.0 Å². The number of hydrogen-bond donors (Lipinski definition) is 0. The van der Waals surface area contributed by atoms with Gasteiger partial charge >= 0.3 is 7.12 Å². The van der Waals surface area contributed by atoms with E-state index in [4.69, 9.17) is 13.7 Å². The van der Waals surface area contributed by atoms with Crippen molar-refractivity contribution in [3.05, 3.63) is 35.6 Å². The van der Waals surface area contributed by atoms with Gasteiger partial charge in [-0.15, -0.1) is 0 Å². The lowest BCUT2D eigenvalue weighted by Crippen LogP contribution is -2.68. The van der Waals surface area contributed by atoms with E-state index in [9.17, 15) is 0 Å². The summed E-state index contributed by atoms with van der Waals surface area (Å²) in [6.45, 7) is 24.3. The van der Waals surface area contributed by atoms with Gasteiger partial charge in [-0.3, -0.25) is 0 Å². The Morgan fingerprint density at radius 1 is 1.06 bits per heavy atom. The zero-order valence-corrected chi connectivity index (χ0v) is 25.0. The van der Waals surface area contributed by atoms with E-state index in [-0.39, 0.29) is 24.8 Å². The number of fused-ring (bicyclic) bond motifs is 1. The highest BCUT2D eigenvalue weighted by molar-refractivity contribution is 6.90. The van der Waals surface area contributed by atoms with Crippen molar-refractivity contribution >= 4 is 34.6 Å². The molecule has 5 atom stereocenters. The average molecular weight is 498 g/mol. The Kier molecular flexibility index (Phi) is 5.71. The van der Waals surface area contributed by atoms with Crippen LogP contribution in [0.1, 0.15) is 44.7 Å².